The quantitative estimate of drug-likeness (QED) is 0.588. The minimum atomic E-state index is 0.0541. The number of carbonyl (C=O) groups excluding carboxylic acids is 1. The molecule has 0 fully saturated rings. The van der Waals surface area contributed by atoms with Gasteiger partial charge in [-0.15, -0.1) is 0 Å². The molecule has 0 rings (SSSR count). The van der Waals surface area contributed by atoms with Crippen LogP contribution in [-0.2, 0) is 9.53 Å². The maximum Gasteiger partial charge on any atom is 0.234 e. The highest BCUT2D eigenvalue weighted by Gasteiger charge is 2.09. The Morgan fingerprint density at radius 3 is 2.33 bits per heavy atom. The first-order chi connectivity index (χ1) is 8.43. The highest BCUT2D eigenvalue weighted by atomic mass is 16.5. The van der Waals surface area contributed by atoms with Crippen molar-refractivity contribution in [2.24, 2.45) is 11.8 Å². The van der Waals surface area contributed by atoms with Crippen LogP contribution in [0.5, 0.6) is 0 Å². The Labute approximate surface area is 112 Å². The van der Waals surface area contributed by atoms with Crippen LogP contribution < -0.4 is 10.6 Å². The molecular weight excluding hydrogens is 228 g/mol. The predicted molar refractivity (Wildman–Crippen MR) is 75.6 cm³/mol. The fourth-order valence-corrected chi connectivity index (χ4v) is 1.24. The second kappa shape index (κ2) is 10.3. The fourth-order valence-electron chi connectivity index (χ4n) is 1.24. The van der Waals surface area contributed by atoms with Crippen molar-refractivity contribution < 1.29 is 9.53 Å². The van der Waals surface area contributed by atoms with Crippen LogP contribution in [0.25, 0.3) is 0 Å². The molecule has 0 saturated carbocycles. The molecule has 4 nitrogen and oxygen atoms in total. The van der Waals surface area contributed by atoms with Crippen LogP contribution in [0, 0.1) is 11.8 Å². The van der Waals surface area contributed by atoms with Crippen LogP contribution in [0.2, 0.25) is 0 Å². The molecule has 0 bridgehead atoms. The second-order valence-electron chi connectivity index (χ2n) is 5.57. The van der Waals surface area contributed by atoms with Crippen LogP contribution in [0.3, 0.4) is 0 Å². The zero-order valence-electron chi connectivity index (χ0n) is 12.6. The number of ether oxygens (including phenoxy) is 1. The van der Waals surface area contributed by atoms with E-state index in [1.807, 2.05) is 6.92 Å². The third kappa shape index (κ3) is 10.5. The van der Waals surface area contributed by atoms with Gasteiger partial charge in [0.15, 0.2) is 0 Å². The van der Waals surface area contributed by atoms with Gasteiger partial charge in [0, 0.05) is 19.2 Å². The normalized spacial score (nSPS) is 13.1. The van der Waals surface area contributed by atoms with Gasteiger partial charge in [-0.1, -0.05) is 27.7 Å². The molecule has 0 spiro atoms. The molecule has 0 aromatic rings. The zero-order chi connectivity index (χ0) is 14.0. The smallest absolute Gasteiger partial charge is 0.234 e. The minimum absolute atomic E-state index is 0.0541. The minimum Gasteiger partial charge on any atom is -0.380 e. The lowest BCUT2D eigenvalue weighted by molar-refractivity contribution is -0.121. The summed E-state index contributed by atoms with van der Waals surface area (Å²) >= 11 is 0. The van der Waals surface area contributed by atoms with Crippen molar-refractivity contribution in [2.45, 2.75) is 47.1 Å². The third-order valence-electron chi connectivity index (χ3n) is 2.94. The third-order valence-corrected chi connectivity index (χ3v) is 2.94. The molecular formula is C14H30N2O2. The van der Waals surface area contributed by atoms with E-state index in [1.54, 1.807) is 0 Å². The average Bonchev–Trinajstić information content (AvgIpc) is 2.27. The fraction of sp³-hybridized carbons (Fsp3) is 0.929. The summed E-state index contributed by atoms with van der Waals surface area (Å²) in [7, 11) is 0. The van der Waals surface area contributed by atoms with Gasteiger partial charge in [0.05, 0.1) is 13.2 Å². The summed E-state index contributed by atoms with van der Waals surface area (Å²) in [6.07, 6.45) is 1.09. The number of hydrogen-bond donors (Lipinski definition) is 2. The summed E-state index contributed by atoms with van der Waals surface area (Å²) in [4.78, 5) is 11.5. The molecule has 1 atom stereocenters. The maximum absolute atomic E-state index is 11.5. The number of hydrogen-bond acceptors (Lipinski definition) is 3. The molecule has 0 aliphatic heterocycles. The van der Waals surface area contributed by atoms with E-state index in [0.717, 1.165) is 19.6 Å². The molecule has 2 N–H and O–H groups in total. The van der Waals surface area contributed by atoms with Gasteiger partial charge in [-0.25, -0.2) is 0 Å². The summed E-state index contributed by atoms with van der Waals surface area (Å²) in [5, 5.41) is 6.03. The summed E-state index contributed by atoms with van der Waals surface area (Å²) in [6.45, 7) is 13.1. The summed E-state index contributed by atoms with van der Waals surface area (Å²) < 4.78 is 5.45. The molecule has 108 valence electrons. The number of nitrogens with one attached hydrogen (secondary N) is 2. The van der Waals surface area contributed by atoms with Gasteiger partial charge in [-0.3, -0.25) is 4.79 Å². The molecule has 0 aliphatic carbocycles. The van der Waals surface area contributed by atoms with Gasteiger partial charge >= 0.3 is 0 Å². The van der Waals surface area contributed by atoms with Gasteiger partial charge in [0.25, 0.3) is 0 Å². The molecule has 0 aromatic heterocycles. The molecule has 0 radical (unpaired) electrons. The van der Waals surface area contributed by atoms with Crippen molar-refractivity contribution in [1.82, 2.24) is 10.6 Å². The Kier molecular flexibility index (Phi) is 9.98. The number of amides is 1. The molecule has 0 aromatic carbocycles. The van der Waals surface area contributed by atoms with Gasteiger partial charge in [0.1, 0.15) is 0 Å². The van der Waals surface area contributed by atoms with E-state index in [4.69, 9.17) is 4.74 Å². The lowest BCUT2D eigenvalue weighted by atomic mass is 10.1. The summed E-state index contributed by atoms with van der Waals surface area (Å²) in [5.74, 6) is 1.20. The summed E-state index contributed by atoms with van der Waals surface area (Å²) in [6, 6.07) is 0.224. The van der Waals surface area contributed by atoms with E-state index in [1.165, 1.54) is 0 Å². The van der Waals surface area contributed by atoms with E-state index >= 15 is 0 Å². The highest BCUT2D eigenvalue weighted by molar-refractivity contribution is 5.78. The first-order valence-electron chi connectivity index (χ1n) is 7.01. The van der Waals surface area contributed by atoms with Gasteiger partial charge < -0.3 is 15.4 Å². The van der Waals surface area contributed by atoms with E-state index < -0.39 is 0 Å². The number of carbonyl (C=O) groups is 1. The topological polar surface area (TPSA) is 50.4 Å². The van der Waals surface area contributed by atoms with Gasteiger partial charge in [0.2, 0.25) is 5.91 Å². The van der Waals surface area contributed by atoms with Crippen molar-refractivity contribution in [3.63, 3.8) is 0 Å². The van der Waals surface area contributed by atoms with Crippen molar-refractivity contribution >= 4 is 5.91 Å². The number of rotatable bonds is 10. The molecule has 0 aliphatic rings. The Hall–Kier alpha value is -0.610. The van der Waals surface area contributed by atoms with Crippen molar-refractivity contribution in [1.29, 1.82) is 0 Å². The van der Waals surface area contributed by atoms with Crippen molar-refractivity contribution in [2.75, 3.05) is 26.3 Å². The molecule has 18 heavy (non-hydrogen) atoms. The molecule has 1 amide bonds. The van der Waals surface area contributed by atoms with Crippen LogP contribution in [0.1, 0.15) is 41.0 Å². The lowest BCUT2D eigenvalue weighted by Crippen LogP contribution is -2.41. The average molecular weight is 258 g/mol. The first-order valence-corrected chi connectivity index (χ1v) is 7.01. The Balaban J connectivity index is 3.36. The van der Waals surface area contributed by atoms with Crippen LogP contribution in [0.15, 0.2) is 0 Å². The Morgan fingerprint density at radius 1 is 1.11 bits per heavy atom. The van der Waals surface area contributed by atoms with E-state index in [2.05, 4.69) is 38.3 Å². The largest absolute Gasteiger partial charge is 0.380 e. The Morgan fingerprint density at radius 2 is 1.78 bits per heavy atom. The van der Waals surface area contributed by atoms with E-state index in [9.17, 15) is 4.79 Å². The zero-order valence-corrected chi connectivity index (χ0v) is 12.6. The second-order valence-corrected chi connectivity index (χ2v) is 5.57. The highest BCUT2D eigenvalue weighted by Crippen LogP contribution is 1.99. The lowest BCUT2D eigenvalue weighted by Gasteiger charge is -2.17. The molecule has 4 heteroatoms. The van der Waals surface area contributed by atoms with Crippen molar-refractivity contribution in [3.8, 4) is 0 Å². The first kappa shape index (κ1) is 17.4. The van der Waals surface area contributed by atoms with Crippen LogP contribution >= 0.6 is 0 Å². The summed E-state index contributed by atoms with van der Waals surface area (Å²) in [5.41, 5.74) is 0. The standard InChI is InChI=1S/C14H30N2O2/c1-11(2)6-8-18-9-7-15-10-14(17)16-13(5)12(3)4/h11-13,15H,6-10H2,1-5H3,(H,16,17). The SMILES string of the molecule is CC(C)CCOCCNCC(=O)NC(C)C(C)C. The Bertz CT molecular complexity index is 218. The van der Waals surface area contributed by atoms with E-state index in [-0.39, 0.29) is 11.9 Å². The maximum atomic E-state index is 11.5. The van der Waals surface area contributed by atoms with Gasteiger partial charge in [-0.05, 0) is 25.2 Å². The van der Waals surface area contributed by atoms with Crippen LogP contribution in [-0.4, -0.2) is 38.3 Å². The van der Waals surface area contributed by atoms with Crippen molar-refractivity contribution in [3.05, 3.63) is 0 Å². The monoisotopic (exact) mass is 258 g/mol. The van der Waals surface area contributed by atoms with Crippen LogP contribution in [0.4, 0.5) is 0 Å². The molecule has 0 heterocycles. The van der Waals surface area contributed by atoms with E-state index in [0.29, 0.717) is 25.0 Å². The molecule has 0 saturated heterocycles. The van der Waals surface area contributed by atoms with Gasteiger partial charge in [-0.2, -0.15) is 0 Å². The predicted octanol–water partition coefficient (Wildman–Crippen LogP) is 1.80. The molecule has 1 unspecified atom stereocenters.